The summed E-state index contributed by atoms with van der Waals surface area (Å²) in [6.07, 6.45) is 8.38. The van der Waals surface area contributed by atoms with Crippen LogP contribution in [-0.2, 0) is 6.42 Å². The first-order valence-corrected chi connectivity index (χ1v) is 12.9. The van der Waals surface area contributed by atoms with E-state index in [2.05, 4.69) is 58.7 Å². The molecule has 0 spiro atoms. The normalized spacial score (nSPS) is 17.3. The number of hydrogen-bond acceptors (Lipinski definition) is 5. The molecule has 2 aliphatic rings. The predicted molar refractivity (Wildman–Crippen MR) is 155 cm³/mol. The van der Waals surface area contributed by atoms with E-state index in [4.69, 9.17) is 4.52 Å². The number of piperidine rings is 1. The zero-order valence-electron chi connectivity index (χ0n) is 22.0. The summed E-state index contributed by atoms with van der Waals surface area (Å²) >= 11 is 0. The van der Waals surface area contributed by atoms with Crippen LogP contribution in [-0.4, -0.2) is 55.5 Å². The number of nitrogens with zero attached hydrogens (tertiary/aromatic N) is 2. The van der Waals surface area contributed by atoms with Gasteiger partial charge in [-0.05, 0) is 95.7 Å². The third-order valence-corrected chi connectivity index (χ3v) is 7.85. The molecule has 200 valence electrons. The van der Waals surface area contributed by atoms with E-state index >= 15 is 0 Å². The van der Waals surface area contributed by atoms with Crippen LogP contribution in [0.2, 0.25) is 0 Å². The minimum Gasteiger partial charge on any atom is -0.396 e. The third-order valence-electron chi connectivity index (χ3n) is 7.85. The van der Waals surface area contributed by atoms with Crippen LogP contribution >= 0.6 is 24.8 Å². The summed E-state index contributed by atoms with van der Waals surface area (Å²) in [7, 11) is 3.75. The number of halogens is 2. The highest BCUT2D eigenvalue weighted by atomic mass is 35.5. The lowest BCUT2D eigenvalue weighted by molar-refractivity contribution is -0.00152. The number of likely N-dealkylation sites (tertiary alicyclic amines) is 1. The van der Waals surface area contributed by atoms with E-state index in [1.165, 1.54) is 73.7 Å². The van der Waals surface area contributed by atoms with Crippen LogP contribution in [0.15, 0.2) is 47.0 Å². The van der Waals surface area contributed by atoms with Crippen LogP contribution in [0.4, 0.5) is 0 Å². The molecule has 2 N–H and O–H groups in total. The lowest BCUT2D eigenvalue weighted by atomic mass is 9.69. The van der Waals surface area contributed by atoms with Crippen LogP contribution in [0, 0.1) is 18.3 Å². The van der Waals surface area contributed by atoms with Gasteiger partial charge in [0.05, 0.1) is 5.69 Å². The number of aliphatic hydroxyl groups is 1. The van der Waals surface area contributed by atoms with Gasteiger partial charge < -0.3 is 19.8 Å². The molecule has 0 unspecified atom stereocenters. The molecule has 2 aromatic carbocycles. The minimum absolute atomic E-state index is 0. The van der Waals surface area contributed by atoms with Gasteiger partial charge in [-0.1, -0.05) is 48.0 Å². The van der Waals surface area contributed by atoms with E-state index in [1.807, 2.05) is 20.2 Å². The maximum absolute atomic E-state index is 9.75. The minimum atomic E-state index is 0. The second-order valence-electron chi connectivity index (χ2n) is 10.4. The summed E-state index contributed by atoms with van der Waals surface area (Å²) in [5, 5.41) is 18.1. The van der Waals surface area contributed by atoms with Gasteiger partial charge >= 0.3 is 0 Å². The molecule has 1 saturated carbocycles. The van der Waals surface area contributed by atoms with Crippen molar-refractivity contribution in [3.05, 3.63) is 53.7 Å². The van der Waals surface area contributed by atoms with Crippen molar-refractivity contribution in [2.45, 2.75) is 51.9 Å². The Kier molecular flexibility index (Phi) is 12.2. The number of nitrogens with one attached hydrogen (secondary N) is 1. The van der Waals surface area contributed by atoms with E-state index in [0.717, 1.165) is 30.2 Å². The third kappa shape index (κ3) is 7.02. The molecule has 36 heavy (non-hydrogen) atoms. The first-order valence-electron chi connectivity index (χ1n) is 12.9. The summed E-state index contributed by atoms with van der Waals surface area (Å²) in [5.74, 6) is 0.763. The van der Waals surface area contributed by atoms with Crippen LogP contribution in [0.25, 0.3) is 22.1 Å². The van der Waals surface area contributed by atoms with Gasteiger partial charge in [-0.15, -0.1) is 24.8 Å². The molecule has 1 aliphatic carbocycles. The number of hydrogen-bond donors (Lipinski definition) is 2. The number of benzene rings is 2. The monoisotopic (exact) mass is 535 g/mol. The molecule has 5 rings (SSSR count). The Hall–Kier alpha value is -1.63. The number of aliphatic hydroxyl groups excluding tert-OH is 1. The average Bonchev–Trinajstić information content (AvgIpc) is 3.26. The zero-order valence-corrected chi connectivity index (χ0v) is 23.6. The van der Waals surface area contributed by atoms with Crippen molar-refractivity contribution in [3.8, 4) is 11.1 Å². The van der Waals surface area contributed by atoms with E-state index in [-0.39, 0.29) is 30.2 Å². The van der Waals surface area contributed by atoms with Gasteiger partial charge in [-0.3, -0.25) is 0 Å². The van der Waals surface area contributed by atoms with Crippen molar-refractivity contribution in [2.24, 2.45) is 11.3 Å². The highest BCUT2D eigenvalue weighted by Crippen LogP contribution is 2.41. The van der Waals surface area contributed by atoms with Crippen LogP contribution in [0.1, 0.15) is 49.8 Å². The van der Waals surface area contributed by atoms with Crippen LogP contribution in [0.5, 0.6) is 0 Å². The molecule has 3 aromatic rings. The van der Waals surface area contributed by atoms with Crippen LogP contribution < -0.4 is 5.32 Å². The Labute approximate surface area is 228 Å². The van der Waals surface area contributed by atoms with Crippen molar-refractivity contribution < 1.29 is 9.63 Å². The number of aromatic nitrogens is 1. The average molecular weight is 537 g/mol. The highest BCUT2D eigenvalue weighted by molar-refractivity contribution is 5.88. The van der Waals surface area contributed by atoms with Gasteiger partial charge in [0.2, 0.25) is 0 Å². The fourth-order valence-corrected chi connectivity index (χ4v) is 5.59. The second kappa shape index (κ2) is 14.3. The van der Waals surface area contributed by atoms with Crippen molar-refractivity contribution in [1.82, 2.24) is 15.4 Å². The Morgan fingerprint density at radius 2 is 1.72 bits per heavy atom. The standard InChI is InChI=1S/C27H34N2O2.C2H7N.2ClH/c1-20-23(22-6-3-2-4-7-22)9-10-24-25(28-31-26(20)24)11-8-21-12-16-29(17-13-21)18-27(19-30)14-5-15-27;1-3-2;;/h2-4,6-7,9-10,21,30H,5,8,11-19H2,1H3;3H,1-2H3;2*1H. The molecule has 1 aliphatic heterocycles. The molecule has 0 amide bonds. The smallest absolute Gasteiger partial charge is 0.170 e. The van der Waals surface area contributed by atoms with Gasteiger partial charge in [-0.2, -0.15) is 0 Å². The van der Waals surface area contributed by atoms with Crippen molar-refractivity contribution in [1.29, 1.82) is 0 Å². The fraction of sp³-hybridized carbons (Fsp3) is 0.552. The maximum atomic E-state index is 9.75. The van der Waals surface area contributed by atoms with E-state index in [9.17, 15) is 5.11 Å². The first-order chi connectivity index (χ1) is 16.6. The van der Waals surface area contributed by atoms with Gasteiger partial charge in [0.1, 0.15) is 0 Å². The first kappa shape index (κ1) is 30.6. The zero-order chi connectivity index (χ0) is 24.0. The van der Waals surface area contributed by atoms with Crippen molar-refractivity contribution in [2.75, 3.05) is 40.3 Å². The maximum Gasteiger partial charge on any atom is 0.170 e. The SMILES string of the molecule is CNC.Cc1c(-c2ccccc2)ccc2c(CCC3CCN(CC4(CO)CCC4)CC3)noc12.Cl.Cl. The summed E-state index contributed by atoms with van der Waals surface area (Å²) in [5.41, 5.74) is 5.86. The Morgan fingerprint density at radius 1 is 1.06 bits per heavy atom. The molecule has 2 heterocycles. The second-order valence-corrected chi connectivity index (χ2v) is 10.4. The topological polar surface area (TPSA) is 61.5 Å². The molecule has 2 fully saturated rings. The number of rotatable bonds is 7. The molecule has 1 saturated heterocycles. The molecule has 1 aromatic heterocycles. The summed E-state index contributed by atoms with van der Waals surface area (Å²) in [6, 6.07) is 14.9. The predicted octanol–water partition coefficient (Wildman–Crippen LogP) is 6.29. The summed E-state index contributed by atoms with van der Waals surface area (Å²) in [6.45, 7) is 5.93. The quantitative estimate of drug-likeness (QED) is 0.372. The molecule has 0 atom stereocenters. The Bertz CT molecular complexity index is 1040. The molecule has 7 heteroatoms. The lowest BCUT2D eigenvalue weighted by Gasteiger charge is -2.45. The Balaban J connectivity index is 0.000000871. The van der Waals surface area contributed by atoms with Gasteiger partial charge in [0.25, 0.3) is 0 Å². The van der Waals surface area contributed by atoms with Gasteiger partial charge in [0.15, 0.2) is 5.58 Å². The van der Waals surface area contributed by atoms with E-state index in [0.29, 0.717) is 6.61 Å². The van der Waals surface area contributed by atoms with Crippen molar-refractivity contribution in [3.63, 3.8) is 0 Å². The lowest BCUT2D eigenvalue weighted by Crippen LogP contribution is -2.47. The van der Waals surface area contributed by atoms with E-state index in [1.54, 1.807) is 0 Å². The molecular formula is C29H43Cl2N3O2. The number of fused-ring (bicyclic) bond motifs is 1. The summed E-state index contributed by atoms with van der Waals surface area (Å²) < 4.78 is 5.80. The highest BCUT2D eigenvalue weighted by Gasteiger charge is 2.38. The van der Waals surface area contributed by atoms with Gasteiger partial charge in [-0.25, -0.2) is 0 Å². The Morgan fingerprint density at radius 3 is 2.31 bits per heavy atom. The van der Waals surface area contributed by atoms with Gasteiger partial charge in [0, 0.05) is 29.5 Å². The van der Waals surface area contributed by atoms with Crippen molar-refractivity contribution >= 4 is 35.8 Å². The molecule has 0 radical (unpaired) electrons. The fourth-order valence-electron chi connectivity index (χ4n) is 5.59. The molecular weight excluding hydrogens is 493 g/mol. The largest absolute Gasteiger partial charge is 0.396 e. The molecule has 5 nitrogen and oxygen atoms in total. The molecule has 0 bridgehead atoms. The van der Waals surface area contributed by atoms with Crippen LogP contribution in [0.3, 0.4) is 0 Å². The summed E-state index contributed by atoms with van der Waals surface area (Å²) in [4.78, 5) is 2.59. The van der Waals surface area contributed by atoms with E-state index < -0.39 is 0 Å². The number of aryl methyl sites for hydroxylation is 2.